The summed E-state index contributed by atoms with van der Waals surface area (Å²) >= 11 is 0. The van der Waals surface area contributed by atoms with Crippen LogP contribution in [0.3, 0.4) is 0 Å². The van der Waals surface area contributed by atoms with Crippen LogP contribution < -0.4 is 15.4 Å². The van der Waals surface area contributed by atoms with Crippen molar-refractivity contribution in [2.24, 2.45) is 0 Å². The minimum absolute atomic E-state index is 0.134. The molecule has 0 bridgehead atoms. The highest BCUT2D eigenvalue weighted by Gasteiger charge is 2.24. The fraction of sp³-hybridized carbons (Fsp3) is 0.240. The highest BCUT2D eigenvalue weighted by Crippen LogP contribution is 2.17. The van der Waals surface area contributed by atoms with E-state index < -0.39 is 0 Å². The van der Waals surface area contributed by atoms with Gasteiger partial charge in [-0.2, -0.15) is 0 Å². The number of ether oxygens (including phenoxy) is 1. The largest absolute Gasteiger partial charge is 0.497 e. The van der Waals surface area contributed by atoms with Gasteiger partial charge in [0.1, 0.15) is 5.75 Å². The first-order valence-corrected chi connectivity index (χ1v) is 10.9. The lowest BCUT2D eigenvalue weighted by Crippen LogP contribution is -2.50. The van der Waals surface area contributed by atoms with Gasteiger partial charge in [0, 0.05) is 43.1 Å². The van der Waals surface area contributed by atoms with E-state index in [2.05, 4.69) is 10.6 Å². The first-order valence-electron chi connectivity index (χ1n) is 10.9. The number of nitrogens with one attached hydrogen (secondary N) is 2. The zero-order valence-electron chi connectivity index (χ0n) is 18.8. The van der Waals surface area contributed by atoms with Gasteiger partial charge in [-0.25, -0.2) is 0 Å². The number of rotatable bonds is 7. The highest BCUT2D eigenvalue weighted by atomic mass is 16.5. The molecule has 4 rings (SSSR count). The molecule has 0 spiro atoms. The molecule has 2 aromatic carbocycles. The molecule has 0 unspecified atom stereocenters. The highest BCUT2D eigenvalue weighted by molar-refractivity contribution is 6.04. The Kier molecular flexibility index (Phi) is 7.24. The zero-order chi connectivity index (χ0) is 23.9. The lowest BCUT2D eigenvalue weighted by molar-refractivity contribution is -0.117. The third-order valence-corrected chi connectivity index (χ3v) is 5.54. The van der Waals surface area contributed by atoms with Gasteiger partial charge in [0.15, 0.2) is 5.76 Å². The molecular weight excluding hydrogens is 436 g/mol. The number of anilines is 2. The Morgan fingerprint density at radius 3 is 2.15 bits per heavy atom. The maximum absolute atomic E-state index is 12.5. The van der Waals surface area contributed by atoms with Crippen LogP contribution in [-0.2, 0) is 4.79 Å². The molecule has 9 nitrogen and oxygen atoms in total. The van der Waals surface area contributed by atoms with E-state index in [-0.39, 0.29) is 24.3 Å². The van der Waals surface area contributed by atoms with Gasteiger partial charge in [-0.05, 0) is 60.7 Å². The van der Waals surface area contributed by atoms with Crippen molar-refractivity contribution in [3.8, 4) is 5.75 Å². The Bertz CT molecular complexity index is 1120. The average Bonchev–Trinajstić information content (AvgIpc) is 3.40. The topological polar surface area (TPSA) is 104 Å². The Labute approximate surface area is 197 Å². The second kappa shape index (κ2) is 10.7. The molecule has 1 aliphatic heterocycles. The maximum atomic E-state index is 12.5. The second-order valence-electron chi connectivity index (χ2n) is 7.85. The van der Waals surface area contributed by atoms with E-state index in [1.807, 2.05) is 4.90 Å². The van der Waals surface area contributed by atoms with E-state index in [9.17, 15) is 14.4 Å². The molecule has 3 amide bonds. The molecule has 1 aromatic heterocycles. The number of nitrogens with zero attached hydrogens (tertiary/aromatic N) is 2. The molecule has 1 saturated heterocycles. The van der Waals surface area contributed by atoms with Crippen molar-refractivity contribution >= 4 is 29.1 Å². The molecule has 9 heteroatoms. The van der Waals surface area contributed by atoms with Crippen molar-refractivity contribution < 1.29 is 23.5 Å². The normalized spacial score (nSPS) is 13.9. The van der Waals surface area contributed by atoms with Gasteiger partial charge in [0.2, 0.25) is 5.91 Å². The van der Waals surface area contributed by atoms with Crippen LogP contribution in [0, 0.1) is 0 Å². The van der Waals surface area contributed by atoms with Gasteiger partial charge in [-0.1, -0.05) is 0 Å². The van der Waals surface area contributed by atoms with Crippen molar-refractivity contribution in [1.29, 1.82) is 0 Å². The van der Waals surface area contributed by atoms with Crippen LogP contribution in [0.2, 0.25) is 0 Å². The molecule has 0 saturated carbocycles. The maximum Gasteiger partial charge on any atom is 0.289 e. The first-order chi connectivity index (χ1) is 16.5. The standard InChI is InChI=1S/C25H26N4O5/c1-33-21-10-8-20(9-11-21)27-24(31)18-4-6-19(7-5-18)26-23(30)17-28-12-14-29(15-13-28)25(32)22-3-2-16-34-22/h2-11,16H,12-15,17H2,1H3,(H,26,30)(H,27,31). The van der Waals surface area contributed by atoms with Crippen LogP contribution in [0.5, 0.6) is 5.75 Å². The van der Waals surface area contributed by atoms with Gasteiger partial charge >= 0.3 is 0 Å². The smallest absolute Gasteiger partial charge is 0.289 e. The summed E-state index contributed by atoms with van der Waals surface area (Å²) in [5.41, 5.74) is 1.75. The summed E-state index contributed by atoms with van der Waals surface area (Å²) in [6, 6.07) is 17.1. The molecule has 34 heavy (non-hydrogen) atoms. The van der Waals surface area contributed by atoms with E-state index in [1.54, 1.807) is 72.7 Å². The number of hydrogen-bond donors (Lipinski definition) is 2. The molecule has 3 aromatic rings. The third-order valence-electron chi connectivity index (χ3n) is 5.54. The molecule has 0 radical (unpaired) electrons. The van der Waals surface area contributed by atoms with E-state index in [4.69, 9.17) is 9.15 Å². The van der Waals surface area contributed by atoms with Crippen molar-refractivity contribution in [3.05, 3.63) is 78.3 Å². The van der Waals surface area contributed by atoms with Crippen molar-refractivity contribution in [2.45, 2.75) is 0 Å². The third kappa shape index (κ3) is 5.81. The van der Waals surface area contributed by atoms with E-state index in [0.717, 1.165) is 0 Å². The van der Waals surface area contributed by atoms with Gasteiger partial charge in [-0.15, -0.1) is 0 Å². The van der Waals surface area contributed by atoms with Crippen LogP contribution in [0.1, 0.15) is 20.9 Å². The SMILES string of the molecule is COc1ccc(NC(=O)c2ccc(NC(=O)CN3CCN(C(=O)c4ccco4)CC3)cc2)cc1. The predicted molar refractivity (Wildman–Crippen MR) is 127 cm³/mol. The lowest BCUT2D eigenvalue weighted by Gasteiger charge is -2.33. The summed E-state index contributed by atoms with van der Waals surface area (Å²) < 4.78 is 10.3. The molecule has 2 N–H and O–H groups in total. The number of hydrogen-bond acceptors (Lipinski definition) is 6. The van der Waals surface area contributed by atoms with Gasteiger partial charge in [0.25, 0.3) is 11.8 Å². The summed E-state index contributed by atoms with van der Waals surface area (Å²) in [6.07, 6.45) is 1.48. The number of benzene rings is 2. The fourth-order valence-corrected chi connectivity index (χ4v) is 3.65. The van der Waals surface area contributed by atoms with Crippen LogP contribution in [0.4, 0.5) is 11.4 Å². The summed E-state index contributed by atoms with van der Waals surface area (Å²) in [6.45, 7) is 2.49. The Balaban J connectivity index is 1.23. The number of carbonyl (C=O) groups excluding carboxylic acids is 3. The zero-order valence-corrected chi connectivity index (χ0v) is 18.8. The van der Waals surface area contributed by atoms with Gasteiger partial charge in [-0.3, -0.25) is 19.3 Å². The van der Waals surface area contributed by atoms with Crippen LogP contribution >= 0.6 is 0 Å². The number of methoxy groups -OCH3 is 1. The fourth-order valence-electron chi connectivity index (χ4n) is 3.65. The van der Waals surface area contributed by atoms with Crippen molar-refractivity contribution in [3.63, 3.8) is 0 Å². The molecule has 0 aliphatic carbocycles. The van der Waals surface area contributed by atoms with Crippen LogP contribution in [-0.4, -0.2) is 67.4 Å². The quantitative estimate of drug-likeness (QED) is 0.560. The minimum Gasteiger partial charge on any atom is -0.497 e. The van der Waals surface area contributed by atoms with E-state index in [1.165, 1.54) is 6.26 Å². The molecule has 0 atom stereocenters. The van der Waals surface area contributed by atoms with Crippen molar-refractivity contribution in [1.82, 2.24) is 9.80 Å². The summed E-state index contributed by atoms with van der Waals surface area (Å²) in [4.78, 5) is 41.0. The average molecular weight is 463 g/mol. The molecule has 1 fully saturated rings. The molecule has 2 heterocycles. The molecular formula is C25H26N4O5. The Morgan fingerprint density at radius 2 is 1.53 bits per heavy atom. The van der Waals surface area contributed by atoms with E-state index in [0.29, 0.717) is 54.6 Å². The van der Waals surface area contributed by atoms with Crippen LogP contribution in [0.15, 0.2) is 71.3 Å². The number of piperazine rings is 1. The van der Waals surface area contributed by atoms with E-state index >= 15 is 0 Å². The summed E-state index contributed by atoms with van der Waals surface area (Å²) in [5, 5.41) is 5.67. The Hall–Kier alpha value is -4.11. The molecule has 176 valence electrons. The Morgan fingerprint density at radius 1 is 0.882 bits per heavy atom. The number of amides is 3. The minimum atomic E-state index is -0.245. The predicted octanol–water partition coefficient (Wildman–Crippen LogP) is 2.94. The van der Waals surface area contributed by atoms with Gasteiger partial charge < -0.3 is 24.7 Å². The number of furan rings is 1. The first kappa shape index (κ1) is 23.1. The van der Waals surface area contributed by atoms with Gasteiger partial charge in [0.05, 0.1) is 19.9 Å². The van der Waals surface area contributed by atoms with Crippen LogP contribution in [0.25, 0.3) is 0 Å². The monoisotopic (exact) mass is 462 g/mol. The lowest BCUT2D eigenvalue weighted by atomic mass is 10.2. The molecule has 1 aliphatic rings. The second-order valence-corrected chi connectivity index (χ2v) is 7.85. The van der Waals surface area contributed by atoms with Crippen molar-refractivity contribution in [2.75, 3.05) is 50.5 Å². The summed E-state index contributed by atoms with van der Waals surface area (Å²) in [7, 11) is 1.58. The number of carbonyl (C=O) groups is 3. The summed E-state index contributed by atoms with van der Waals surface area (Å²) in [5.74, 6) is 0.506.